The molecule has 0 fully saturated rings. The van der Waals surface area contributed by atoms with Gasteiger partial charge in [0.25, 0.3) is 0 Å². The van der Waals surface area contributed by atoms with Gasteiger partial charge in [0.15, 0.2) is 5.69 Å². The van der Waals surface area contributed by atoms with Crippen molar-refractivity contribution < 1.29 is 27.6 Å². The molecule has 7 heteroatoms. The van der Waals surface area contributed by atoms with E-state index in [0.717, 1.165) is 0 Å². The standard InChI is InChI=1S/C9H8F3NO3/c10-9(11,12)7-6-4(8(14)15)2-1-3-5(6)16-13-7/h4H,1-3H2,(H,14,15). The summed E-state index contributed by atoms with van der Waals surface area (Å²) >= 11 is 0. The Morgan fingerprint density at radius 2 is 2.19 bits per heavy atom. The molecule has 0 aliphatic heterocycles. The monoisotopic (exact) mass is 235 g/mol. The number of aromatic nitrogens is 1. The normalized spacial score (nSPS) is 20.6. The third kappa shape index (κ3) is 1.66. The molecule has 0 saturated heterocycles. The average Bonchev–Trinajstić information content (AvgIpc) is 2.59. The molecule has 0 radical (unpaired) electrons. The highest BCUT2D eigenvalue weighted by atomic mass is 19.4. The van der Waals surface area contributed by atoms with Crippen LogP contribution in [0.4, 0.5) is 13.2 Å². The number of aliphatic carboxylic acids is 1. The summed E-state index contributed by atoms with van der Waals surface area (Å²) in [7, 11) is 0. The minimum absolute atomic E-state index is 0.0472. The van der Waals surface area contributed by atoms with E-state index in [2.05, 4.69) is 9.68 Å². The Hall–Kier alpha value is -1.53. The summed E-state index contributed by atoms with van der Waals surface area (Å²) in [5, 5.41) is 11.8. The Labute approximate surface area is 88.0 Å². The molecule has 0 saturated carbocycles. The molecule has 1 aliphatic rings. The van der Waals surface area contributed by atoms with Crippen molar-refractivity contribution in [2.45, 2.75) is 31.4 Å². The first-order valence-electron chi connectivity index (χ1n) is 4.69. The first-order valence-corrected chi connectivity index (χ1v) is 4.69. The van der Waals surface area contributed by atoms with Crippen molar-refractivity contribution in [1.29, 1.82) is 0 Å². The molecule has 1 aromatic heterocycles. The molecule has 16 heavy (non-hydrogen) atoms. The van der Waals surface area contributed by atoms with Crippen LogP contribution in [0.15, 0.2) is 4.52 Å². The van der Waals surface area contributed by atoms with Gasteiger partial charge >= 0.3 is 12.1 Å². The van der Waals surface area contributed by atoms with E-state index in [-0.39, 0.29) is 17.7 Å². The largest absolute Gasteiger partial charge is 0.481 e. The highest BCUT2D eigenvalue weighted by molar-refractivity contribution is 5.77. The van der Waals surface area contributed by atoms with Crippen molar-refractivity contribution in [3.8, 4) is 0 Å². The second-order valence-electron chi connectivity index (χ2n) is 3.65. The van der Waals surface area contributed by atoms with Crippen LogP contribution in [0.1, 0.15) is 35.8 Å². The SMILES string of the molecule is O=C(O)C1CCCc2onc(C(F)(F)F)c21. The minimum Gasteiger partial charge on any atom is -0.481 e. The number of carbonyl (C=O) groups is 1. The molecule has 1 aliphatic carbocycles. The van der Waals surface area contributed by atoms with Gasteiger partial charge < -0.3 is 9.63 Å². The number of alkyl halides is 3. The predicted octanol–water partition coefficient (Wildman–Crippen LogP) is 2.20. The molecule has 0 spiro atoms. The smallest absolute Gasteiger partial charge is 0.437 e. The van der Waals surface area contributed by atoms with Crippen molar-refractivity contribution in [3.63, 3.8) is 0 Å². The zero-order valence-electron chi connectivity index (χ0n) is 8.04. The fourth-order valence-corrected chi connectivity index (χ4v) is 1.93. The number of nitrogens with zero attached hydrogens (tertiary/aromatic N) is 1. The number of hydrogen-bond acceptors (Lipinski definition) is 3. The number of rotatable bonds is 1. The predicted molar refractivity (Wildman–Crippen MR) is 44.8 cm³/mol. The van der Waals surface area contributed by atoms with Crippen molar-refractivity contribution in [1.82, 2.24) is 5.16 Å². The van der Waals surface area contributed by atoms with Crippen LogP contribution in [0.3, 0.4) is 0 Å². The van der Waals surface area contributed by atoms with E-state index >= 15 is 0 Å². The van der Waals surface area contributed by atoms with Gasteiger partial charge in [-0.25, -0.2) is 0 Å². The first kappa shape index (κ1) is 11.0. The van der Waals surface area contributed by atoms with Crippen LogP contribution in [0, 0.1) is 0 Å². The maximum Gasteiger partial charge on any atom is 0.437 e. The van der Waals surface area contributed by atoms with Crippen LogP contribution in [0.5, 0.6) is 0 Å². The van der Waals surface area contributed by atoms with Gasteiger partial charge in [0.2, 0.25) is 0 Å². The highest BCUT2D eigenvalue weighted by Gasteiger charge is 2.44. The van der Waals surface area contributed by atoms with E-state index in [1.807, 2.05) is 0 Å². The zero-order chi connectivity index (χ0) is 11.9. The van der Waals surface area contributed by atoms with Crippen LogP contribution < -0.4 is 0 Å². The number of carboxylic acid groups (broad SMARTS) is 1. The fraction of sp³-hybridized carbons (Fsp3) is 0.556. The number of halogens is 3. The van der Waals surface area contributed by atoms with Crippen LogP contribution in [0.25, 0.3) is 0 Å². The number of hydrogen-bond donors (Lipinski definition) is 1. The summed E-state index contributed by atoms with van der Waals surface area (Å²) in [5.74, 6) is -2.38. The molecule has 1 aromatic rings. The summed E-state index contributed by atoms with van der Waals surface area (Å²) in [6.07, 6.45) is -3.67. The summed E-state index contributed by atoms with van der Waals surface area (Å²) in [5.41, 5.74) is -1.50. The Morgan fingerprint density at radius 1 is 1.50 bits per heavy atom. The molecular formula is C9H8F3NO3. The molecule has 1 atom stereocenters. The maximum absolute atomic E-state index is 12.5. The van der Waals surface area contributed by atoms with Crippen molar-refractivity contribution >= 4 is 5.97 Å². The van der Waals surface area contributed by atoms with Gasteiger partial charge in [-0.2, -0.15) is 13.2 Å². The lowest BCUT2D eigenvalue weighted by molar-refractivity contribution is -0.144. The number of carboxylic acids is 1. The molecule has 4 nitrogen and oxygen atoms in total. The van der Waals surface area contributed by atoms with Gasteiger partial charge in [0.05, 0.1) is 5.92 Å². The third-order valence-electron chi connectivity index (χ3n) is 2.61. The molecule has 1 N–H and O–H groups in total. The lowest BCUT2D eigenvalue weighted by Crippen LogP contribution is -2.21. The third-order valence-corrected chi connectivity index (χ3v) is 2.61. The lowest BCUT2D eigenvalue weighted by Gasteiger charge is -2.18. The van der Waals surface area contributed by atoms with E-state index in [9.17, 15) is 18.0 Å². The number of aryl methyl sites for hydroxylation is 1. The van der Waals surface area contributed by atoms with Crippen LogP contribution in [0.2, 0.25) is 0 Å². The molecule has 1 unspecified atom stereocenters. The van der Waals surface area contributed by atoms with Gasteiger partial charge in [0, 0.05) is 12.0 Å². The molecule has 0 amide bonds. The van der Waals surface area contributed by atoms with E-state index in [4.69, 9.17) is 5.11 Å². The van der Waals surface area contributed by atoms with Crippen LogP contribution >= 0.6 is 0 Å². The van der Waals surface area contributed by atoms with Crippen LogP contribution in [-0.2, 0) is 17.4 Å². The van der Waals surface area contributed by atoms with Gasteiger partial charge in [0.1, 0.15) is 5.76 Å². The summed E-state index contributed by atoms with van der Waals surface area (Å²) in [6.45, 7) is 0. The van der Waals surface area contributed by atoms with Gasteiger partial charge in [-0.05, 0) is 12.8 Å². The van der Waals surface area contributed by atoms with Crippen molar-refractivity contribution in [2.75, 3.05) is 0 Å². The topological polar surface area (TPSA) is 63.3 Å². The first-order chi connectivity index (χ1) is 7.41. The quantitative estimate of drug-likeness (QED) is 0.810. The fourth-order valence-electron chi connectivity index (χ4n) is 1.93. The second kappa shape index (κ2) is 3.50. The molecular weight excluding hydrogens is 227 g/mol. The van der Waals surface area contributed by atoms with Crippen LogP contribution in [-0.4, -0.2) is 16.2 Å². The summed E-state index contributed by atoms with van der Waals surface area (Å²) < 4.78 is 42.2. The van der Waals surface area contributed by atoms with Gasteiger partial charge in [-0.1, -0.05) is 5.16 Å². The maximum atomic E-state index is 12.5. The van der Waals surface area contributed by atoms with E-state index in [1.54, 1.807) is 0 Å². The highest BCUT2D eigenvalue weighted by Crippen LogP contribution is 2.41. The van der Waals surface area contributed by atoms with Crippen molar-refractivity contribution in [2.24, 2.45) is 0 Å². The molecule has 88 valence electrons. The molecule has 1 heterocycles. The van der Waals surface area contributed by atoms with Gasteiger partial charge in [-0.15, -0.1) is 0 Å². The Balaban J connectivity index is 2.52. The second-order valence-corrected chi connectivity index (χ2v) is 3.65. The Morgan fingerprint density at radius 3 is 2.75 bits per heavy atom. The molecule has 0 aromatic carbocycles. The van der Waals surface area contributed by atoms with Gasteiger partial charge in [-0.3, -0.25) is 4.79 Å². The van der Waals surface area contributed by atoms with Crippen molar-refractivity contribution in [3.05, 3.63) is 17.0 Å². The molecule has 0 bridgehead atoms. The Bertz CT molecular complexity index is 424. The van der Waals surface area contributed by atoms with E-state index in [1.165, 1.54) is 0 Å². The molecule has 2 rings (SSSR count). The van der Waals surface area contributed by atoms with E-state index in [0.29, 0.717) is 12.8 Å². The van der Waals surface area contributed by atoms with E-state index < -0.39 is 23.8 Å². The minimum atomic E-state index is -4.66. The number of fused-ring (bicyclic) bond motifs is 1. The Kier molecular flexibility index (Phi) is 2.40. The summed E-state index contributed by atoms with van der Waals surface area (Å²) in [6, 6.07) is 0. The lowest BCUT2D eigenvalue weighted by atomic mass is 9.85. The zero-order valence-corrected chi connectivity index (χ0v) is 8.04. The average molecular weight is 235 g/mol. The summed E-state index contributed by atoms with van der Waals surface area (Å²) in [4.78, 5) is 10.9.